The molecule has 16 nitrogen and oxygen atoms in total. The Morgan fingerprint density at radius 3 is 0.914 bits per heavy atom. The molecule has 93 heavy (non-hydrogen) atoms. The summed E-state index contributed by atoms with van der Waals surface area (Å²) in [6.45, 7) is 2.63. The molecule has 0 saturated carbocycles. The van der Waals surface area contributed by atoms with Gasteiger partial charge in [0.1, 0.15) is 25.4 Å². The third kappa shape index (κ3) is 70.4. The van der Waals surface area contributed by atoms with Crippen molar-refractivity contribution >= 4 is 33.6 Å². The zero-order valence-electron chi connectivity index (χ0n) is 59.2. The Kier molecular flexibility index (Phi) is 67.1. The number of aliphatic hydroxyl groups excluding tert-OH is 2. The Morgan fingerprint density at radius 2 is 0.548 bits per heavy atom. The predicted octanol–water partition coefficient (Wildman–Crippen LogP) is 21.3. The van der Waals surface area contributed by atoms with E-state index >= 15 is 0 Å². The molecule has 0 fully saturated rings. The zero-order chi connectivity index (χ0) is 68.1. The van der Waals surface area contributed by atoms with Gasteiger partial charge >= 0.3 is 33.6 Å². The normalized spacial score (nSPS) is 14.4. The third-order valence-electron chi connectivity index (χ3n) is 16.2. The van der Waals surface area contributed by atoms with E-state index in [4.69, 9.17) is 32.3 Å². The van der Waals surface area contributed by atoms with Gasteiger partial charge in [-0.05, 0) is 83.5 Å². The SMILES string of the molecule is CCCC/C=C\CCCCCCCC(=O)OC(COC(=O)CCCCCCCCCCCCCCC)COP(=O)(O)OCC(O)COP(=O)(O)OCC(O)COC(=O)CCCCCCCCCCCCCCCCCCC/C=C\C/C=C\C/C=C\C/C=C\CCCCC. The summed E-state index contributed by atoms with van der Waals surface area (Å²) in [6.07, 6.45) is 73.1. The van der Waals surface area contributed by atoms with E-state index in [9.17, 15) is 43.5 Å². The van der Waals surface area contributed by atoms with E-state index in [0.717, 1.165) is 96.3 Å². The summed E-state index contributed by atoms with van der Waals surface area (Å²) in [4.78, 5) is 58.3. The first-order valence-electron chi connectivity index (χ1n) is 37.6. The maximum atomic E-state index is 12.8. The van der Waals surface area contributed by atoms with Crippen molar-refractivity contribution in [3.63, 3.8) is 0 Å². The van der Waals surface area contributed by atoms with E-state index in [1.54, 1.807) is 0 Å². The van der Waals surface area contributed by atoms with Crippen molar-refractivity contribution in [1.29, 1.82) is 0 Å². The number of carbonyl (C=O) groups excluding carboxylic acids is 3. The number of aliphatic hydroxyl groups is 2. The quantitative estimate of drug-likeness (QED) is 0.0146. The van der Waals surface area contributed by atoms with Crippen molar-refractivity contribution in [1.82, 2.24) is 0 Å². The first-order chi connectivity index (χ1) is 45.2. The number of carbonyl (C=O) groups is 3. The number of phosphoric acid groups is 2. The maximum Gasteiger partial charge on any atom is 0.472 e. The van der Waals surface area contributed by atoms with Crippen LogP contribution in [0.3, 0.4) is 0 Å². The van der Waals surface area contributed by atoms with Crippen molar-refractivity contribution in [3.05, 3.63) is 60.8 Å². The molecule has 0 saturated heterocycles. The van der Waals surface area contributed by atoms with Gasteiger partial charge in [-0.25, -0.2) is 9.13 Å². The molecule has 18 heteroatoms. The van der Waals surface area contributed by atoms with Crippen molar-refractivity contribution in [2.75, 3.05) is 39.6 Å². The minimum atomic E-state index is -4.91. The van der Waals surface area contributed by atoms with Crippen molar-refractivity contribution in [2.45, 2.75) is 360 Å². The highest BCUT2D eigenvalue weighted by Crippen LogP contribution is 2.45. The van der Waals surface area contributed by atoms with Gasteiger partial charge in [0.15, 0.2) is 6.10 Å². The lowest BCUT2D eigenvalue weighted by molar-refractivity contribution is -0.161. The van der Waals surface area contributed by atoms with Crippen LogP contribution < -0.4 is 0 Å². The Hall–Kier alpha value is -2.75. The Balaban J connectivity index is 4.27. The molecule has 0 aliphatic heterocycles. The van der Waals surface area contributed by atoms with Crippen molar-refractivity contribution < 1.29 is 75.8 Å². The lowest BCUT2D eigenvalue weighted by Crippen LogP contribution is -2.30. The average Bonchev–Trinajstić information content (AvgIpc) is 3.29. The van der Waals surface area contributed by atoms with Crippen LogP contribution in [0.2, 0.25) is 0 Å². The molecule has 5 unspecified atom stereocenters. The molecule has 0 radical (unpaired) electrons. The second-order valence-electron chi connectivity index (χ2n) is 25.5. The number of phosphoric ester groups is 2. The highest BCUT2D eigenvalue weighted by Gasteiger charge is 2.29. The number of esters is 3. The van der Waals surface area contributed by atoms with Crippen molar-refractivity contribution in [2.24, 2.45) is 0 Å². The fourth-order valence-corrected chi connectivity index (χ4v) is 12.0. The van der Waals surface area contributed by atoms with Gasteiger partial charge in [-0.1, -0.05) is 300 Å². The Labute approximate surface area is 567 Å². The van der Waals surface area contributed by atoms with Gasteiger partial charge in [0, 0.05) is 19.3 Å². The number of allylic oxidation sites excluding steroid dienone is 10. The van der Waals surface area contributed by atoms with Crippen LogP contribution in [0.15, 0.2) is 60.8 Å². The van der Waals surface area contributed by atoms with E-state index in [1.807, 2.05) is 0 Å². The second kappa shape index (κ2) is 69.2. The number of rotatable bonds is 72. The molecule has 544 valence electrons. The topological polar surface area (TPSA) is 231 Å². The fourth-order valence-electron chi connectivity index (χ4n) is 10.4. The molecule has 0 spiro atoms. The Morgan fingerprint density at radius 1 is 0.301 bits per heavy atom. The van der Waals surface area contributed by atoms with Gasteiger partial charge in [-0.3, -0.25) is 32.5 Å². The predicted molar refractivity (Wildman–Crippen MR) is 381 cm³/mol. The molecule has 0 amide bonds. The smallest absolute Gasteiger partial charge is 0.463 e. The lowest BCUT2D eigenvalue weighted by atomic mass is 10.0. The lowest BCUT2D eigenvalue weighted by Gasteiger charge is -2.21. The maximum absolute atomic E-state index is 12.8. The molecule has 0 rings (SSSR count). The molecule has 0 heterocycles. The fraction of sp³-hybridized carbons (Fsp3) is 0.827. The summed E-state index contributed by atoms with van der Waals surface area (Å²) < 4.78 is 60.9. The molecule has 0 aromatic carbocycles. The van der Waals surface area contributed by atoms with Gasteiger partial charge in [-0.2, -0.15) is 0 Å². The zero-order valence-corrected chi connectivity index (χ0v) is 61.0. The van der Waals surface area contributed by atoms with Gasteiger partial charge in [0.2, 0.25) is 0 Å². The minimum absolute atomic E-state index is 0.0996. The third-order valence-corrected chi connectivity index (χ3v) is 18.1. The molecule has 4 N–H and O–H groups in total. The van der Waals surface area contributed by atoms with Crippen LogP contribution in [0.25, 0.3) is 0 Å². The second-order valence-corrected chi connectivity index (χ2v) is 28.4. The molecule has 0 aliphatic carbocycles. The van der Waals surface area contributed by atoms with Crippen molar-refractivity contribution in [3.8, 4) is 0 Å². The number of ether oxygens (including phenoxy) is 3. The van der Waals surface area contributed by atoms with E-state index in [0.29, 0.717) is 19.3 Å². The van der Waals surface area contributed by atoms with Gasteiger partial charge in [0.25, 0.3) is 0 Å². The number of unbranched alkanes of at least 4 members (excludes halogenated alkanes) is 39. The molecule has 0 aliphatic rings. The summed E-state index contributed by atoms with van der Waals surface area (Å²) in [5.74, 6) is -1.57. The highest BCUT2D eigenvalue weighted by atomic mass is 31.2. The summed E-state index contributed by atoms with van der Waals surface area (Å²) in [6, 6.07) is 0. The molecule has 0 aromatic rings. The van der Waals surface area contributed by atoms with Crippen LogP contribution in [0.1, 0.15) is 342 Å². The van der Waals surface area contributed by atoms with E-state index < -0.39 is 91.5 Å². The molecular formula is C75H138O16P2. The van der Waals surface area contributed by atoms with E-state index in [-0.39, 0.29) is 19.3 Å². The van der Waals surface area contributed by atoms with Crippen LogP contribution in [-0.2, 0) is 55.8 Å². The standard InChI is InChI=1S/C75H138O16P2/c1-4-7-10-13-16-19-22-24-25-26-27-28-29-30-31-32-33-34-35-36-37-38-39-40-41-42-43-45-48-49-52-55-58-61-73(78)85-64-70(76)65-87-92(81,82)88-66-71(77)67-89-93(83,84)90-69-72(91-75(80)63-60-57-54-51-46-21-18-15-12-9-6-3)68-86-74(79)62-59-56-53-50-47-44-23-20-17-14-11-8-5-2/h15-16,18-19,24-25,27-28,30-31,70-72,76-77H,4-14,17,20-23,26,29,32-69H2,1-3H3,(H,81,82)(H,83,84)/b18-15-,19-16-,25-24-,28-27-,31-30-. The molecule has 0 bridgehead atoms. The molecular weight excluding hydrogens is 1220 g/mol. The Bertz CT molecular complexity index is 1940. The van der Waals surface area contributed by atoms with Crippen LogP contribution in [0.5, 0.6) is 0 Å². The minimum Gasteiger partial charge on any atom is -0.463 e. The van der Waals surface area contributed by atoms with Gasteiger partial charge in [-0.15, -0.1) is 0 Å². The van der Waals surface area contributed by atoms with Crippen LogP contribution in [0, 0.1) is 0 Å². The van der Waals surface area contributed by atoms with Crippen LogP contribution in [-0.4, -0.2) is 95.9 Å². The largest absolute Gasteiger partial charge is 0.472 e. The summed E-state index contributed by atoms with van der Waals surface area (Å²) in [5, 5.41) is 20.6. The average molecular weight is 1360 g/mol. The molecule has 0 aromatic heterocycles. The first kappa shape index (κ1) is 90.2. The van der Waals surface area contributed by atoms with Crippen LogP contribution in [0.4, 0.5) is 0 Å². The van der Waals surface area contributed by atoms with Crippen LogP contribution >= 0.6 is 15.6 Å². The summed E-state index contributed by atoms with van der Waals surface area (Å²) in [5.41, 5.74) is 0. The van der Waals surface area contributed by atoms with E-state index in [2.05, 4.69) is 81.5 Å². The van der Waals surface area contributed by atoms with Gasteiger partial charge < -0.3 is 34.2 Å². The monoisotopic (exact) mass is 1360 g/mol. The van der Waals surface area contributed by atoms with Gasteiger partial charge in [0.05, 0.1) is 26.4 Å². The number of hydrogen-bond donors (Lipinski definition) is 4. The summed E-state index contributed by atoms with van der Waals surface area (Å²) in [7, 11) is -9.76. The van der Waals surface area contributed by atoms with E-state index in [1.165, 1.54) is 186 Å². The molecule has 5 atom stereocenters. The highest BCUT2D eigenvalue weighted by molar-refractivity contribution is 7.47. The summed E-state index contributed by atoms with van der Waals surface area (Å²) >= 11 is 0. The number of hydrogen-bond acceptors (Lipinski definition) is 14. The first-order valence-corrected chi connectivity index (χ1v) is 40.6.